The van der Waals surface area contributed by atoms with Crippen molar-refractivity contribution in [2.45, 2.75) is 98.4 Å². The summed E-state index contributed by atoms with van der Waals surface area (Å²) < 4.78 is 29.1. The molecule has 3 fully saturated rings. The molecule has 14 atom stereocenters. The first-order valence-electron chi connectivity index (χ1n) is 13.2. The number of nitroso groups, excluding NO2 is 1. The molecule has 0 radical (unpaired) electrons. The van der Waals surface area contributed by atoms with Crippen LogP contribution in [-0.4, -0.2) is 126 Å². The summed E-state index contributed by atoms with van der Waals surface area (Å²) >= 11 is 0. The predicted molar refractivity (Wildman–Crippen MR) is 138 cm³/mol. The quantitative estimate of drug-likeness (QED) is 0.117. The van der Waals surface area contributed by atoms with Gasteiger partial charge in [-0.05, 0) is 18.1 Å². The maximum absolute atomic E-state index is 12.4. The van der Waals surface area contributed by atoms with Gasteiger partial charge in [-0.2, -0.15) is 0 Å². The number of nitrogens with zero attached hydrogens (tertiary/aromatic N) is 1. The Labute approximate surface area is 234 Å². The maximum atomic E-state index is 12.4. The number of carbonyl (C=O) groups excluding carboxylic acids is 2. The Morgan fingerprint density at radius 2 is 1.66 bits per heavy atom. The Morgan fingerprint density at radius 3 is 2.29 bits per heavy atom. The summed E-state index contributed by atoms with van der Waals surface area (Å²) in [5, 5.41) is 34.7. The molecule has 2 saturated heterocycles. The monoisotopic (exact) mass is 586 g/mol. The van der Waals surface area contributed by atoms with E-state index in [9.17, 15) is 29.8 Å². The van der Waals surface area contributed by atoms with E-state index in [-0.39, 0.29) is 36.5 Å². The van der Waals surface area contributed by atoms with E-state index in [2.05, 4.69) is 11.8 Å². The van der Waals surface area contributed by atoms with Crippen molar-refractivity contribution in [2.75, 3.05) is 13.2 Å². The molecule has 0 aromatic heterocycles. The fraction of sp³-hybridized carbons (Fsp3) is 0.750. The Balaban J connectivity index is 1.51. The number of hydrogen-bond donors (Lipinski definition) is 8. The van der Waals surface area contributed by atoms with Crippen molar-refractivity contribution >= 4 is 11.6 Å². The van der Waals surface area contributed by atoms with E-state index in [1.807, 2.05) is 0 Å². The molecular formula is C24H38N6O11. The second-order valence-electron chi connectivity index (χ2n) is 10.6. The van der Waals surface area contributed by atoms with Gasteiger partial charge in [-0.1, -0.05) is 11.8 Å². The molecule has 0 amide bonds. The van der Waals surface area contributed by atoms with Crippen LogP contribution in [0, 0.1) is 4.91 Å². The molecule has 4 rings (SSSR count). The Bertz CT molecular complexity index is 1050. The minimum Gasteiger partial charge on any atom is -0.487 e. The minimum atomic E-state index is -1.58. The van der Waals surface area contributed by atoms with Crippen LogP contribution in [0.1, 0.15) is 12.8 Å². The Morgan fingerprint density at radius 1 is 0.976 bits per heavy atom. The van der Waals surface area contributed by atoms with E-state index in [0.717, 1.165) is 0 Å². The zero-order valence-electron chi connectivity index (χ0n) is 22.1. The predicted octanol–water partition coefficient (Wildman–Crippen LogP) is -4.91. The lowest BCUT2D eigenvalue weighted by Gasteiger charge is -2.45. The lowest BCUT2D eigenvalue weighted by Crippen LogP contribution is -2.65. The van der Waals surface area contributed by atoms with Crippen molar-refractivity contribution < 1.29 is 48.6 Å². The lowest BCUT2D eigenvalue weighted by atomic mass is 9.84. The lowest BCUT2D eigenvalue weighted by molar-refractivity contribution is -0.283. The maximum Gasteiger partial charge on any atom is 0.189 e. The standard InChI is InChI=1S/C24H38N6O11/c1-7-2-12(15(29)18(34)16(7)30-36)37-21-14(6-31)39-24(19(21)35)41-22-17(33)8(26)3-9(27)20(22)40-23-10(28)4-11(32)13(5-25)38-23/h2,8-10,13-17,19-24,31,33,35H,1,3-6,25-29H2/t8?,9?,10?,13?,14-,15?,16-,17-,19?,20+,21?,22?,23-,24+/m1/s1. The number of carbonyl (C=O) groups is 2. The fourth-order valence-electron chi connectivity index (χ4n) is 5.37. The van der Waals surface area contributed by atoms with Gasteiger partial charge in [0, 0.05) is 25.0 Å². The number of rotatable bonds is 9. The number of ketones is 2. The van der Waals surface area contributed by atoms with Crippen LogP contribution in [0.3, 0.4) is 0 Å². The van der Waals surface area contributed by atoms with Gasteiger partial charge in [0.2, 0.25) is 0 Å². The third-order valence-electron chi connectivity index (χ3n) is 7.72. The molecule has 0 aromatic carbocycles. The molecule has 0 bridgehead atoms. The fourth-order valence-corrected chi connectivity index (χ4v) is 5.37. The number of hydrogen-bond acceptors (Lipinski definition) is 17. The van der Waals surface area contributed by atoms with E-state index < -0.39 is 97.9 Å². The number of aliphatic hydroxyl groups is 3. The summed E-state index contributed by atoms with van der Waals surface area (Å²) in [7, 11) is 0. The van der Waals surface area contributed by atoms with Gasteiger partial charge in [0.25, 0.3) is 0 Å². The summed E-state index contributed by atoms with van der Waals surface area (Å²) in [6, 6.07) is -5.23. The molecule has 2 aliphatic heterocycles. The van der Waals surface area contributed by atoms with Crippen molar-refractivity contribution in [1.29, 1.82) is 0 Å². The van der Waals surface area contributed by atoms with Gasteiger partial charge in [0.1, 0.15) is 42.3 Å². The zero-order valence-corrected chi connectivity index (χ0v) is 22.1. The van der Waals surface area contributed by atoms with Crippen molar-refractivity contribution in [2.24, 2.45) is 33.8 Å². The smallest absolute Gasteiger partial charge is 0.189 e. The van der Waals surface area contributed by atoms with Gasteiger partial charge in [-0.3, -0.25) is 9.59 Å². The summed E-state index contributed by atoms with van der Waals surface area (Å²) in [6.45, 7) is 2.89. The normalized spacial score (nSPS) is 45.5. The highest BCUT2D eigenvalue weighted by molar-refractivity contribution is 5.96. The SMILES string of the molecule is C=C1C=C(OC2C(O)[C@H](OC3[C@H](O)C(N)CC(N)[C@@H]3O[C@H]3OC(CN)C(=O)CC3N)O[C@@H]2CO)C(N)C(=O)[C@@H]1N=O. The second-order valence-corrected chi connectivity index (χ2v) is 10.6. The molecule has 230 valence electrons. The second kappa shape index (κ2) is 12.9. The topological polar surface area (TPSA) is 301 Å². The van der Waals surface area contributed by atoms with Crippen molar-refractivity contribution in [3.05, 3.63) is 28.9 Å². The van der Waals surface area contributed by atoms with E-state index in [0.29, 0.717) is 0 Å². The van der Waals surface area contributed by atoms with E-state index in [1.54, 1.807) is 0 Å². The largest absolute Gasteiger partial charge is 0.487 e. The number of nitrogens with two attached hydrogens (primary N) is 5. The third-order valence-corrected chi connectivity index (χ3v) is 7.72. The van der Waals surface area contributed by atoms with Crippen LogP contribution in [0.25, 0.3) is 0 Å². The molecular weight excluding hydrogens is 548 g/mol. The third kappa shape index (κ3) is 6.26. The molecule has 17 nitrogen and oxygen atoms in total. The molecule has 13 N–H and O–H groups in total. The van der Waals surface area contributed by atoms with Crippen molar-refractivity contribution in [3.8, 4) is 0 Å². The highest BCUT2D eigenvalue weighted by Gasteiger charge is 2.53. The first kappa shape index (κ1) is 31.7. The molecule has 0 aromatic rings. The molecule has 17 heteroatoms. The average molecular weight is 587 g/mol. The highest BCUT2D eigenvalue weighted by atomic mass is 16.7. The van der Waals surface area contributed by atoms with Crippen LogP contribution in [-0.2, 0) is 33.3 Å². The summed E-state index contributed by atoms with van der Waals surface area (Å²) in [5.74, 6) is -1.15. The average Bonchev–Trinajstić information content (AvgIpc) is 3.22. The van der Waals surface area contributed by atoms with Gasteiger partial charge >= 0.3 is 0 Å². The summed E-state index contributed by atoms with van der Waals surface area (Å²) in [6.07, 6.45) is -9.97. The Hall–Kier alpha value is -2.26. The van der Waals surface area contributed by atoms with Gasteiger partial charge < -0.3 is 67.7 Å². The first-order chi connectivity index (χ1) is 19.4. The molecule has 1 saturated carbocycles. The van der Waals surface area contributed by atoms with Crippen LogP contribution in [0.4, 0.5) is 0 Å². The first-order valence-corrected chi connectivity index (χ1v) is 13.2. The van der Waals surface area contributed by atoms with Crippen molar-refractivity contribution in [3.63, 3.8) is 0 Å². The van der Waals surface area contributed by atoms with Crippen LogP contribution in [0.5, 0.6) is 0 Å². The van der Waals surface area contributed by atoms with Gasteiger partial charge in [-0.15, -0.1) is 4.91 Å². The highest BCUT2D eigenvalue weighted by Crippen LogP contribution is 2.34. The number of ether oxygens (including phenoxy) is 5. The summed E-state index contributed by atoms with van der Waals surface area (Å²) in [5.41, 5.74) is 30.0. The molecule has 41 heavy (non-hydrogen) atoms. The van der Waals surface area contributed by atoms with Gasteiger partial charge in [0.05, 0.1) is 18.8 Å². The number of aliphatic hydroxyl groups excluding tert-OH is 3. The van der Waals surface area contributed by atoms with Crippen LogP contribution < -0.4 is 28.7 Å². The van der Waals surface area contributed by atoms with Crippen LogP contribution in [0.15, 0.2) is 29.2 Å². The van der Waals surface area contributed by atoms with Gasteiger partial charge in [0.15, 0.2) is 36.3 Å². The molecule has 4 aliphatic rings. The Kier molecular flexibility index (Phi) is 10.00. The molecule has 0 spiro atoms. The minimum absolute atomic E-state index is 0.0402. The molecule has 8 unspecified atom stereocenters. The number of Topliss-reactive ketones (excluding diaryl/α,β-unsaturated/α-hetero) is 2. The molecule has 2 aliphatic carbocycles. The molecule has 2 heterocycles. The van der Waals surface area contributed by atoms with Crippen molar-refractivity contribution in [1.82, 2.24) is 0 Å². The van der Waals surface area contributed by atoms with Crippen LogP contribution in [0.2, 0.25) is 0 Å². The summed E-state index contributed by atoms with van der Waals surface area (Å²) in [4.78, 5) is 35.5. The van der Waals surface area contributed by atoms with E-state index >= 15 is 0 Å². The van der Waals surface area contributed by atoms with E-state index in [4.69, 9.17) is 52.4 Å². The van der Waals surface area contributed by atoms with Crippen LogP contribution >= 0.6 is 0 Å². The van der Waals surface area contributed by atoms with E-state index in [1.165, 1.54) is 6.08 Å². The zero-order chi connectivity index (χ0) is 30.2. The van der Waals surface area contributed by atoms with Gasteiger partial charge in [-0.25, -0.2) is 0 Å².